The fraction of sp³-hybridized carbons (Fsp3) is 0.519. The highest BCUT2D eigenvalue weighted by molar-refractivity contribution is 7.91. The van der Waals surface area contributed by atoms with Gasteiger partial charge in [-0.2, -0.15) is 0 Å². The monoisotopic (exact) mass is 485 g/mol. The van der Waals surface area contributed by atoms with Crippen molar-refractivity contribution in [3.8, 4) is 0 Å². The summed E-state index contributed by atoms with van der Waals surface area (Å²) < 4.78 is 40.5. The predicted octanol–water partition coefficient (Wildman–Crippen LogP) is 5.64. The summed E-state index contributed by atoms with van der Waals surface area (Å²) >= 11 is 0. The number of benzene rings is 2. The van der Waals surface area contributed by atoms with Crippen molar-refractivity contribution in [1.82, 2.24) is 0 Å². The lowest BCUT2D eigenvalue weighted by Gasteiger charge is -2.39. The van der Waals surface area contributed by atoms with Crippen LogP contribution in [0.5, 0.6) is 0 Å². The van der Waals surface area contributed by atoms with E-state index in [-0.39, 0.29) is 28.9 Å². The van der Waals surface area contributed by atoms with E-state index >= 15 is 0 Å². The highest BCUT2D eigenvalue weighted by Gasteiger charge is 2.50. The van der Waals surface area contributed by atoms with E-state index in [2.05, 4.69) is 19.2 Å². The van der Waals surface area contributed by atoms with Crippen molar-refractivity contribution in [2.24, 2.45) is 11.3 Å². The molecule has 0 radical (unpaired) electrons. The van der Waals surface area contributed by atoms with E-state index in [9.17, 15) is 22.7 Å². The van der Waals surface area contributed by atoms with Crippen molar-refractivity contribution in [3.63, 3.8) is 0 Å². The van der Waals surface area contributed by atoms with E-state index in [0.717, 1.165) is 36.1 Å². The number of hydrogen-bond acceptors (Lipinski definition) is 4. The van der Waals surface area contributed by atoms with Crippen LogP contribution in [0.15, 0.2) is 41.3 Å². The molecule has 1 heterocycles. The number of fused-ring (bicyclic) bond motifs is 1. The molecule has 1 atom stereocenters. The first-order valence-electron chi connectivity index (χ1n) is 12.1. The Hall–Kier alpha value is -2.41. The minimum atomic E-state index is -3.32. The Labute approximate surface area is 200 Å². The molecule has 3 aliphatic rings. The average molecular weight is 486 g/mol. The van der Waals surface area contributed by atoms with Gasteiger partial charge in [-0.3, -0.25) is 4.79 Å². The number of rotatable bonds is 7. The van der Waals surface area contributed by atoms with Crippen molar-refractivity contribution in [2.45, 2.75) is 75.1 Å². The minimum absolute atomic E-state index is 0.158. The zero-order valence-electron chi connectivity index (χ0n) is 19.7. The summed E-state index contributed by atoms with van der Waals surface area (Å²) in [6, 6.07) is 10.0. The number of sulfone groups is 1. The summed E-state index contributed by atoms with van der Waals surface area (Å²) in [6.07, 6.45) is 5.34. The summed E-state index contributed by atoms with van der Waals surface area (Å²) in [4.78, 5) is 12.0. The Balaban J connectivity index is 1.42. The highest BCUT2D eigenvalue weighted by Crippen LogP contribution is 2.49. The summed E-state index contributed by atoms with van der Waals surface area (Å²) in [5.74, 6) is -0.690. The fourth-order valence-corrected chi connectivity index (χ4v) is 7.23. The van der Waals surface area contributed by atoms with Gasteiger partial charge >= 0.3 is 5.97 Å². The van der Waals surface area contributed by atoms with Crippen LogP contribution in [0.3, 0.4) is 0 Å². The second kappa shape index (κ2) is 8.08. The molecule has 0 aromatic heterocycles. The van der Waals surface area contributed by atoms with Crippen LogP contribution in [-0.4, -0.2) is 25.2 Å². The lowest BCUT2D eigenvalue weighted by molar-refractivity contribution is -0.143. The van der Waals surface area contributed by atoms with Crippen molar-refractivity contribution in [3.05, 3.63) is 58.9 Å². The molecule has 0 saturated heterocycles. The maximum absolute atomic E-state index is 14.5. The molecule has 5 nitrogen and oxygen atoms in total. The Bertz CT molecular complexity index is 1250. The van der Waals surface area contributed by atoms with Gasteiger partial charge in [0.25, 0.3) is 0 Å². The number of anilines is 1. The molecule has 34 heavy (non-hydrogen) atoms. The standard InChI is InChI=1S/C27H32FNO4S/c1-26(2)15-24(19-10-18(11-20(28)12-19)14-27(8-9-27)25(30)31)29-23-7-6-21(13-22(23)26)34(32,33)16-17-4-3-5-17/h6-7,10-13,17,24,29H,3-5,8-9,14-16H2,1-2H3,(H,30,31). The SMILES string of the molecule is CC1(C)CC(c2cc(F)cc(CC3(C(=O)O)CC3)c2)Nc2ccc(S(=O)(=O)CC3CCC3)cc21. The van der Waals surface area contributed by atoms with Crippen LogP contribution >= 0.6 is 0 Å². The Kier molecular flexibility index (Phi) is 5.54. The molecule has 2 aliphatic carbocycles. The van der Waals surface area contributed by atoms with Crippen LogP contribution in [0.25, 0.3) is 0 Å². The van der Waals surface area contributed by atoms with Gasteiger partial charge in [0.05, 0.1) is 22.1 Å². The van der Waals surface area contributed by atoms with Gasteiger partial charge in [0, 0.05) is 5.69 Å². The van der Waals surface area contributed by atoms with Gasteiger partial charge in [0.2, 0.25) is 0 Å². The third-order valence-electron chi connectivity index (χ3n) is 8.04. The molecule has 2 saturated carbocycles. The molecule has 0 spiro atoms. The lowest BCUT2D eigenvalue weighted by Crippen LogP contribution is -2.32. The van der Waals surface area contributed by atoms with Crippen molar-refractivity contribution in [1.29, 1.82) is 0 Å². The molecule has 2 N–H and O–H groups in total. The molecule has 2 fully saturated rings. The number of hydrogen-bond donors (Lipinski definition) is 2. The van der Waals surface area contributed by atoms with Crippen LogP contribution in [0.4, 0.5) is 10.1 Å². The second-order valence-electron chi connectivity index (χ2n) is 11.2. The van der Waals surface area contributed by atoms with Crippen LogP contribution < -0.4 is 5.32 Å². The predicted molar refractivity (Wildman–Crippen MR) is 129 cm³/mol. The minimum Gasteiger partial charge on any atom is -0.481 e. The lowest BCUT2D eigenvalue weighted by atomic mass is 9.74. The molecule has 2 aromatic rings. The van der Waals surface area contributed by atoms with E-state index in [1.165, 1.54) is 12.1 Å². The molecule has 182 valence electrons. The van der Waals surface area contributed by atoms with Gasteiger partial charge in [-0.25, -0.2) is 12.8 Å². The zero-order chi connectivity index (χ0) is 24.3. The number of nitrogens with one attached hydrogen (secondary N) is 1. The Morgan fingerprint density at radius 1 is 1.15 bits per heavy atom. The molecule has 1 aliphatic heterocycles. The number of carboxylic acids is 1. The average Bonchev–Trinajstić information content (AvgIpc) is 3.50. The largest absolute Gasteiger partial charge is 0.481 e. The number of aliphatic carboxylic acids is 1. The molecular formula is C27H32FNO4S. The summed E-state index contributed by atoms with van der Waals surface area (Å²) in [7, 11) is -3.32. The van der Waals surface area contributed by atoms with Crippen LogP contribution in [0.2, 0.25) is 0 Å². The van der Waals surface area contributed by atoms with E-state index in [1.807, 2.05) is 18.2 Å². The molecule has 7 heteroatoms. The summed E-state index contributed by atoms with van der Waals surface area (Å²) in [5, 5.41) is 13.0. The Morgan fingerprint density at radius 2 is 1.88 bits per heavy atom. The van der Waals surface area contributed by atoms with Gasteiger partial charge in [-0.1, -0.05) is 26.3 Å². The molecule has 5 rings (SSSR count). The van der Waals surface area contributed by atoms with E-state index in [1.54, 1.807) is 6.07 Å². The number of carboxylic acid groups (broad SMARTS) is 1. The van der Waals surface area contributed by atoms with Gasteiger partial charge in [0.1, 0.15) is 5.82 Å². The van der Waals surface area contributed by atoms with Crippen molar-refractivity contribution in [2.75, 3.05) is 11.1 Å². The van der Waals surface area contributed by atoms with Crippen molar-refractivity contribution >= 4 is 21.5 Å². The molecule has 1 unspecified atom stereocenters. The molecule has 0 bridgehead atoms. The quantitative estimate of drug-likeness (QED) is 0.530. The van der Waals surface area contributed by atoms with Gasteiger partial charge in [-0.15, -0.1) is 0 Å². The van der Waals surface area contributed by atoms with E-state index in [4.69, 9.17) is 0 Å². The normalized spacial score (nSPS) is 22.9. The van der Waals surface area contributed by atoms with Crippen molar-refractivity contribution < 1.29 is 22.7 Å². The third kappa shape index (κ3) is 4.35. The zero-order valence-corrected chi connectivity index (χ0v) is 20.6. The maximum Gasteiger partial charge on any atom is 0.309 e. The van der Waals surface area contributed by atoms with Gasteiger partial charge in [0.15, 0.2) is 9.84 Å². The maximum atomic E-state index is 14.5. The first-order valence-corrected chi connectivity index (χ1v) is 13.8. The topological polar surface area (TPSA) is 83.5 Å². The van der Waals surface area contributed by atoms with Crippen LogP contribution in [0, 0.1) is 17.2 Å². The van der Waals surface area contributed by atoms with E-state index < -0.39 is 21.2 Å². The highest BCUT2D eigenvalue weighted by atomic mass is 32.2. The second-order valence-corrected chi connectivity index (χ2v) is 13.3. The van der Waals surface area contributed by atoms with Gasteiger partial charge in [-0.05, 0) is 96.9 Å². The molecule has 0 amide bonds. The first-order chi connectivity index (χ1) is 16.0. The number of carbonyl (C=O) groups is 1. The van der Waals surface area contributed by atoms with Crippen LogP contribution in [0.1, 0.15) is 75.1 Å². The molecular weight excluding hydrogens is 453 g/mol. The third-order valence-corrected chi connectivity index (χ3v) is 9.92. The van der Waals surface area contributed by atoms with E-state index in [0.29, 0.717) is 36.1 Å². The van der Waals surface area contributed by atoms with Crippen LogP contribution in [-0.2, 0) is 26.5 Å². The Morgan fingerprint density at radius 3 is 2.50 bits per heavy atom. The molecule has 2 aromatic carbocycles. The number of halogens is 1. The van der Waals surface area contributed by atoms with Gasteiger partial charge < -0.3 is 10.4 Å². The first kappa shape index (κ1) is 23.3. The summed E-state index contributed by atoms with van der Waals surface area (Å²) in [5.41, 5.74) is 2.24. The summed E-state index contributed by atoms with van der Waals surface area (Å²) in [6.45, 7) is 4.18. The smallest absolute Gasteiger partial charge is 0.309 e. The fourth-order valence-electron chi connectivity index (χ4n) is 5.52.